The van der Waals surface area contributed by atoms with E-state index in [1.807, 2.05) is 16.8 Å². The van der Waals surface area contributed by atoms with Crippen LogP contribution in [0.2, 0.25) is 0 Å². The zero-order chi connectivity index (χ0) is 14.3. The van der Waals surface area contributed by atoms with Gasteiger partial charge >= 0.3 is 0 Å². The number of hydrogen-bond donors (Lipinski definition) is 2. The first-order chi connectivity index (χ1) is 9.56. The fourth-order valence-corrected chi connectivity index (χ4v) is 2.19. The zero-order valence-electron chi connectivity index (χ0n) is 10.2. The first-order valence-electron chi connectivity index (χ1n) is 5.71. The van der Waals surface area contributed by atoms with Crippen molar-refractivity contribution >= 4 is 28.8 Å². The number of rotatable bonds is 3. The predicted octanol–water partition coefficient (Wildman–Crippen LogP) is 1.57. The molecule has 1 aromatic carbocycles. The number of nitrogens with zero attached hydrogens (tertiary/aromatic N) is 4. The molecule has 0 aliphatic carbocycles. The lowest BCUT2D eigenvalue weighted by Gasteiger charge is -2.04. The molecule has 9 heteroatoms. The van der Waals surface area contributed by atoms with Crippen LogP contribution in [0, 0.1) is 14.9 Å². The minimum absolute atomic E-state index is 0.0664. The molecule has 3 aromatic rings. The molecule has 3 rings (SSSR count). The summed E-state index contributed by atoms with van der Waals surface area (Å²) in [5, 5.41) is 18.2. The molecule has 8 nitrogen and oxygen atoms in total. The molecular weight excluding hydrogens is 280 g/mol. The Labute approximate surface area is 117 Å². The van der Waals surface area contributed by atoms with E-state index in [1.54, 1.807) is 6.07 Å². The van der Waals surface area contributed by atoms with E-state index in [9.17, 15) is 10.1 Å². The van der Waals surface area contributed by atoms with E-state index in [0.717, 1.165) is 10.9 Å². The summed E-state index contributed by atoms with van der Waals surface area (Å²) in [5.41, 5.74) is 0.932. The van der Waals surface area contributed by atoms with Crippen LogP contribution in [0.4, 0.5) is 5.69 Å². The van der Waals surface area contributed by atoms with Crippen LogP contribution in [0.25, 0.3) is 10.9 Å². The Morgan fingerprint density at radius 1 is 1.45 bits per heavy atom. The summed E-state index contributed by atoms with van der Waals surface area (Å²) >= 11 is 4.95. The summed E-state index contributed by atoms with van der Waals surface area (Å²) in [7, 11) is 0. The molecule has 0 spiro atoms. The largest absolute Gasteiger partial charge is 0.340 e. The number of H-pyrrole nitrogens is 1. The summed E-state index contributed by atoms with van der Waals surface area (Å²) in [5.74, 6) is 6.32. The Morgan fingerprint density at radius 3 is 2.90 bits per heavy atom. The highest BCUT2D eigenvalue weighted by Crippen LogP contribution is 2.22. The highest BCUT2D eigenvalue weighted by atomic mass is 32.1. The van der Waals surface area contributed by atoms with Crippen molar-refractivity contribution in [3.05, 3.63) is 51.2 Å². The number of nitrogens with two attached hydrogens (primary N) is 1. The van der Waals surface area contributed by atoms with E-state index in [1.165, 1.54) is 16.8 Å². The van der Waals surface area contributed by atoms with Gasteiger partial charge in [-0.2, -0.15) is 5.10 Å². The van der Waals surface area contributed by atoms with E-state index in [2.05, 4.69) is 10.2 Å². The number of nitrogens with one attached hydrogen (secondary N) is 1. The second kappa shape index (κ2) is 4.46. The van der Waals surface area contributed by atoms with Gasteiger partial charge in [0.1, 0.15) is 0 Å². The second-order valence-corrected chi connectivity index (χ2v) is 4.65. The number of nitro groups is 1. The quantitative estimate of drug-likeness (QED) is 0.329. The molecule has 20 heavy (non-hydrogen) atoms. The van der Waals surface area contributed by atoms with Gasteiger partial charge < -0.3 is 10.4 Å². The van der Waals surface area contributed by atoms with Crippen LogP contribution in [0.15, 0.2) is 30.5 Å². The van der Waals surface area contributed by atoms with Crippen molar-refractivity contribution < 1.29 is 4.92 Å². The van der Waals surface area contributed by atoms with Gasteiger partial charge in [0, 0.05) is 29.2 Å². The second-order valence-electron chi connectivity index (χ2n) is 4.26. The molecule has 0 atom stereocenters. The lowest BCUT2D eigenvalue weighted by molar-refractivity contribution is -0.384. The van der Waals surface area contributed by atoms with Gasteiger partial charge in [0.2, 0.25) is 4.77 Å². The van der Waals surface area contributed by atoms with Gasteiger partial charge in [0.15, 0.2) is 5.82 Å². The third kappa shape index (κ3) is 1.93. The molecule has 0 radical (unpaired) electrons. The lowest BCUT2D eigenvalue weighted by atomic mass is 10.2. The monoisotopic (exact) mass is 290 g/mol. The van der Waals surface area contributed by atoms with Gasteiger partial charge in [-0.05, 0) is 24.4 Å². The minimum Gasteiger partial charge on any atom is -0.340 e. The number of aromatic nitrogens is 4. The van der Waals surface area contributed by atoms with E-state index in [0.29, 0.717) is 17.1 Å². The van der Waals surface area contributed by atoms with Crippen LogP contribution in [0.5, 0.6) is 0 Å². The van der Waals surface area contributed by atoms with E-state index < -0.39 is 4.92 Å². The maximum absolute atomic E-state index is 10.7. The van der Waals surface area contributed by atoms with Crippen LogP contribution in [-0.2, 0) is 6.54 Å². The van der Waals surface area contributed by atoms with Crippen LogP contribution < -0.4 is 5.84 Å². The molecular formula is C11H10N6O2S. The first kappa shape index (κ1) is 12.4. The van der Waals surface area contributed by atoms with E-state index in [4.69, 9.17) is 18.1 Å². The first-order valence-corrected chi connectivity index (χ1v) is 6.12. The number of aromatic amines is 1. The predicted molar refractivity (Wildman–Crippen MR) is 75.3 cm³/mol. The van der Waals surface area contributed by atoms with Gasteiger partial charge in [0.25, 0.3) is 5.69 Å². The molecule has 102 valence electrons. The molecule has 0 aliphatic heterocycles. The van der Waals surface area contributed by atoms with Crippen molar-refractivity contribution in [1.82, 2.24) is 19.4 Å². The summed E-state index contributed by atoms with van der Waals surface area (Å²) in [4.78, 5) is 10.3. The fraction of sp³-hybridized carbons (Fsp3) is 0.0909. The van der Waals surface area contributed by atoms with E-state index in [-0.39, 0.29) is 5.69 Å². The highest BCUT2D eigenvalue weighted by Gasteiger charge is 2.10. The van der Waals surface area contributed by atoms with Gasteiger partial charge in [-0.15, -0.1) is 0 Å². The SMILES string of the molecule is Nn1c(Cn2ccc3cc([N+](=O)[O-])ccc32)n[nH]c1=S. The molecule has 0 saturated heterocycles. The van der Waals surface area contributed by atoms with Crippen LogP contribution in [0.3, 0.4) is 0 Å². The maximum Gasteiger partial charge on any atom is 0.270 e. The lowest BCUT2D eigenvalue weighted by Crippen LogP contribution is -2.15. The average Bonchev–Trinajstić information content (AvgIpc) is 2.97. The maximum atomic E-state index is 10.7. The number of nitrogen functional groups attached to an aromatic ring is 1. The number of hydrogen-bond acceptors (Lipinski definition) is 5. The fourth-order valence-electron chi connectivity index (χ4n) is 2.04. The van der Waals surface area contributed by atoms with Crippen molar-refractivity contribution in [3.8, 4) is 0 Å². The van der Waals surface area contributed by atoms with Crippen molar-refractivity contribution in [2.45, 2.75) is 6.54 Å². The molecule has 0 amide bonds. The van der Waals surface area contributed by atoms with Crippen molar-refractivity contribution in [3.63, 3.8) is 0 Å². The minimum atomic E-state index is -0.415. The molecule has 2 heterocycles. The third-order valence-electron chi connectivity index (χ3n) is 3.05. The molecule has 0 saturated carbocycles. The highest BCUT2D eigenvalue weighted by molar-refractivity contribution is 7.71. The van der Waals surface area contributed by atoms with Crippen molar-refractivity contribution in [2.75, 3.05) is 5.84 Å². The van der Waals surface area contributed by atoms with E-state index >= 15 is 0 Å². The van der Waals surface area contributed by atoms with Gasteiger partial charge in [-0.25, -0.2) is 4.68 Å². The third-order valence-corrected chi connectivity index (χ3v) is 3.34. The van der Waals surface area contributed by atoms with Gasteiger partial charge in [-0.1, -0.05) is 0 Å². The number of non-ortho nitro benzene ring substituents is 1. The Balaban J connectivity index is 2.03. The molecule has 2 aromatic heterocycles. The van der Waals surface area contributed by atoms with Crippen LogP contribution >= 0.6 is 12.2 Å². The number of benzene rings is 1. The van der Waals surface area contributed by atoms with Crippen LogP contribution in [-0.4, -0.2) is 24.4 Å². The summed E-state index contributed by atoms with van der Waals surface area (Å²) < 4.78 is 3.53. The Morgan fingerprint density at radius 2 is 2.25 bits per heavy atom. The normalized spacial score (nSPS) is 11.0. The summed E-state index contributed by atoms with van der Waals surface area (Å²) in [6, 6.07) is 6.52. The number of nitro benzene ring substituents is 1. The Bertz CT molecular complexity index is 861. The molecule has 0 fully saturated rings. The van der Waals surface area contributed by atoms with Gasteiger partial charge in [0.05, 0.1) is 11.5 Å². The molecule has 0 bridgehead atoms. The molecule has 0 unspecified atom stereocenters. The Hall–Kier alpha value is -2.68. The molecule has 3 N–H and O–H groups in total. The van der Waals surface area contributed by atoms with Crippen LogP contribution in [0.1, 0.15) is 5.82 Å². The number of fused-ring (bicyclic) bond motifs is 1. The Kier molecular flexibility index (Phi) is 2.75. The molecule has 0 aliphatic rings. The zero-order valence-corrected chi connectivity index (χ0v) is 11.0. The standard InChI is InChI=1S/C11H10N6O2S/c12-16-10(13-14-11(16)20)6-15-4-3-7-5-8(17(18)19)1-2-9(7)15/h1-5H,6,12H2,(H,14,20). The van der Waals surface area contributed by atoms with Crippen molar-refractivity contribution in [1.29, 1.82) is 0 Å². The van der Waals surface area contributed by atoms with Crippen molar-refractivity contribution in [2.24, 2.45) is 0 Å². The summed E-state index contributed by atoms with van der Waals surface area (Å²) in [6.07, 6.45) is 1.83. The van der Waals surface area contributed by atoms with Gasteiger partial charge in [-0.3, -0.25) is 15.2 Å². The average molecular weight is 290 g/mol. The topological polar surface area (TPSA) is 108 Å². The smallest absolute Gasteiger partial charge is 0.270 e. The summed E-state index contributed by atoms with van der Waals surface area (Å²) in [6.45, 7) is 0.422.